The maximum Gasteiger partial charge on any atom is 0.254 e. The Labute approximate surface area is 180 Å². The monoisotopic (exact) mass is 416 g/mol. The van der Waals surface area contributed by atoms with Crippen LogP contribution < -0.4 is 9.64 Å². The van der Waals surface area contributed by atoms with E-state index >= 15 is 0 Å². The van der Waals surface area contributed by atoms with Gasteiger partial charge < -0.3 is 14.5 Å². The standard InChI is InChI=1S/C24H21FN4O2/c1-31-22-10-7-20(17-19(22)6-3-18-4-8-21(25)9-5-18)23(30)28-13-15-29(16-14-28)24-26-11-2-12-27-24/h2,4-5,7-12,17H,13-16H2,1H3. The van der Waals surface area contributed by atoms with E-state index in [1.807, 2.05) is 4.90 Å². The lowest BCUT2D eigenvalue weighted by Crippen LogP contribution is -2.49. The molecular weight excluding hydrogens is 395 g/mol. The predicted octanol–water partition coefficient (Wildman–Crippen LogP) is 2.99. The Morgan fingerprint density at radius 3 is 2.39 bits per heavy atom. The zero-order valence-corrected chi connectivity index (χ0v) is 17.1. The number of rotatable bonds is 3. The Morgan fingerprint density at radius 2 is 1.71 bits per heavy atom. The predicted molar refractivity (Wildman–Crippen MR) is 116 cm³/mol. The van der Waals surface area contributed by atoms with E-state index in [0.29, 0.717) is 54.6 Å². The molecule has 1 aliphatic rings. The minimum Gasteiger partial charge on any atom is -0.495 e. The van der Waals surface area contributed by atoms with E-state index in [1.54, 1.807) is 55.9 Å². The van der Waals surface area contributed by atoms with Gasteiger partial charge in [-0.15, -0.1) is 0 Å². The highest BCUT2D eigenvalue weighted by Gasteiger charge is 2.23. The maximum atomic E-state index is 13.1. The summed E-state index contributed by atoms with van der Waals surface area (Å²) in [6, 6.07) is 13.0. The number of hydrogen-bond acceptors (Lipinski definition) is 5. The first kappa shape index (κ1) is 20.4. The topological polar surface area (TPSA) is 58.6 Å². The number of aromatic nitrogens is 2. The summed E-state index contributed by atoms with van der Waals surface area (Å²) >= 11 is 0. The second-order valence-corrected chi connectivity index (χ2v) is 7.00. The van der Waals surface area contributed by atoms with Gasteiger partial charge in [0, 0.05) is 49.7 Å². The zero-order chi connectivity index (χ0) is 21.6. The third-order valence-electron chi connectivity index (χ3n) is 5.03. The van der Waals surface area contributed by atoms with Crippen LogP contribution >= 0.6 is 0 Å². The summed E-state index contributed by atoms with van der Waals surface area (Å²) in [5.74, 6) is 6.92. The highest BCUT2D eigenvalue weighted by molar-refractivity contribution is 5.95. The molecule has 4 rings (SSSR count). The fraction of sp³-hybridized carbons (Fsp3) is 0.208. The Hall–Kier alpha value is -3.92. The lowest BCUT2D eigenvalue weighted by molar-refractivity contribution is 0.0746. The molecule has 1 aromatic heterocycles. The van der Waals surface area contributed by atoms with Crippen LogP contribution in [-0.4, -0.2) is 54.1 Å². The molecule has 3 aromatic rings. The third-order valence-corrected chi connectivity index (χ3v) is 5.03. The van der Waals surface area contributed by atoms with Crippen molar-refractivity contribution in [3.63, 3.8) is 0 Å². The van der Waals surface area contributed by atoms with Gasteiger partial charge in [-0.05, 0) is 48.5 Å². The molecule has 1 fully saturated rings. The molecule has 2 aromatic carbocycles. The molecule has 31 heavy (non-hydrogen) atoms. The normalized spacial score (nSPS) is 13.4. The number of piperazine rings is 1. The van der Waals surface area contributed by atoms with Crippen LogP contribution in [0.2, 0.25) is 0 Å². The van der Waals surface area contributed by atoms with Crippen molar-refractivity contribution in [2.45, 2.75) is 0 Å². The molecule has 2 heterocycles. The third kappa shape index (κ3) is 4.81. The molecule has 0 atom stereocenters. The molecule has 1 amide bonds. The fourth-order valence-corrected chi connectivity index (χ4v) is 3.36. The quantitative estimate of drug-likeness (QED) is 0.615. The molecule has 0 radical (unpaired) electrons. The summed E-state index contributed by atoms with van der Waals surface area (Å²) < 4.78 is 18.5. The molecule has 156 valence electrons. The van der Waals surface area contributed by atoms with Gasteiger partial charge in [0.2, 0.25) is 5.95 Å². The minimum atomic E-state index is -0.311. The van der Waals surface area contributed by atoms with Crippen molar-refractivity contribution >= 4 is 11.9 Å². The molecule has 0 bridgehead atoms. The summed E-state index contributed by atoms with van der Waals surface area (Å²) in [5, 5.41) is 0. The smallest absolute Gasteiger partial charge is 0.254 e. The molecule has 1 saturated heterocycles. The summed E-state index contributed by atoms with van der Waals surface area (Å²) in [4.78, 5) is 25.5. The van der Waals surface area contributed by atoms with Gasteiger partial charge in [0.1, 0.15) is 11.6 Å². The van der Waals surface area contributed by atoms with E-state index in [0.717, 1.165) is 0 Å². The minimum absolute atomic E-state index is 0.0545. The van der Waals surface area contributed by atoms with Crippen LogP contribution in [0, 0.1) is 17.7 Å². The van der Waals surface area contributed by atoms with Gasteiger partial charge in [0.25, 0.3) is 5.91 Å². The summed E-state index contributed by atoms with van der Waals surface area (Å²) in [5.41, 5.74) is 1.84. The second kappa shape index (κ2) is 9.26. The Morgan fingerprint density at radius 1 is 1.00 bits per heavy atom. The van der Waals surface area contributed by atoms with Gasteiger partial charge in [-0.1, -0.05) is 11.8 Å². The van der Waals surface area contributed by atoms with Crippen LogP contribution in [-0.2, 0) is 0 Å². The summed E-state index contributed by atoms with van der Waals surface area (Å²) in [6.45, 7) is 2.51. The molecule has 0 N–H and O–H groups in total. The second-order valence-electron chi connectivity index (χ2n) is 7.00. The lowest BCUT2D eigenvalue weighted by Gasteiger charge is -2.34. The van der Waals surface area contributed by atoms with Gasteiger partial charge >= 0.3 is 0 Å². The van der Waals surface area contributed by atoms with Gasteiger partial charge in [-0.3, -0.25) is 4.79 Å². The van der Waals surface area contributed by atoms with Crippen LogP contribution in [0.5, 0.6) is 5.75 Å². The number of halogens is 1. The average Bonchev–Trinajstić information content (AvgIpc) is 2.83. The Bertz CT molecular complexity index is 1120. The molecule has 0 unspecified atom stereocenters. The fourth-order valence-electron chi connectivity index (χ4n) is 3.36. The van der Waals surface area contributed by atoms with E-state index < -0.39 is 0 Å². The van der Waals surface area contributed by atoms with Crippen LogP contribution in [0.25, 0.3) is 0 Å². The number of hydrogen-bond donors (Lipinski definition) is 0. The van der Waals surface area contributed by atoms with Crippen LogP contribution in [0.4, 0.5) is 10.3 Å². The Balaban J connectivity index is 1.49. The van der Waals surface area contributed by atoms with Crippen molar-refractivity contribution in [3.05, 3.63) is 83.4 Å². The molecule has 0 aliphatic carbocycles. The van der Waals surface area contributed by atoms with E-state index in [4.69, 9.17) is 4.74 Å². The summed E-state index contributed by atoms with van der Waals surface area (Å²) in [6.07, 6.45) is 3.43. The van der Waals surface area contributed by atoms with E-state index in [9.17, 15) is 9.18 Å². The molecule has 7 heteroatoms. The molecule has 0 saturated carbocycles. The number of methoxy groups -OCH3 is 1. The first-order valence-corrected chi connectivity index (χ1v) is 9.91. The largest absolute Gasteiger partial charge is 0.495 e. The zero-order valence-electron chi connectivity index (χ0n) is 17.1. The molecular formula is C24H21FN4O2. The van der Waals surface area contributed by atoms with E-state index in [1.165, 1.54) is 12.1 Å². The first-order chi connectivity index (χ1) is 15.1. The van der Waals surface area contributed by atoms with E-state index in [2.05, 4.69) is 26.7 Å². The van der Waals surface area contributed by atoms with Crippen LogP contribution in [0.3, 0.4) is 0 Å². The van der Waals surface area contributed by atoms with Gasteiger partial charge in [-0.2, -0.15) is 0 Å². The lowest BCUT2D eigenvalue weighted by atomic mass is 10.1. The van der Waals surface area contributed by atoms with Crippen molar-refractivity contribution in [1.29, 1.82) is 0 Å². The van der Waals surface area contributed by atoms with Crippen molar-refractivity contribution < 1.29 is 13.9 Å². The van der Waals surface area contributed by atoms with Gasteiger partial charge in [0.15, 0.2) is 0 Å². The molecule has 1 aliphatic heterocycles. The van der Waals surface area contributed by atoms with Crippen molar-refractivity contribution in [2.24, 2.45) is 0 Å². The van der Waals surface area contributed by atoms with Gasteiger partial charge in [0.05, 0.1) is 12.7 Å². The highest BCUT2D eigenvalue weighted by Crippen LogP contribution is 2.21. The number of carbonyl (C=O) groups is 1. The van der Waals surface area contributed by atoms with Crippen LogP contribution in [0.15, 0.2) is 60.9 Å². The Kier molecular flexibility index (Phi) is 6.08. The van der Waals surface area contributed by atoms with Gasteiger partial charge in [-0.25, -0.2) is 14.4 Å². The average molecular weight is 416 g/mol. The number of nitrogens with zero attached hydrogens (tertiary/aromatic N) is 4. The highest BCUT2D eigenvalue weighted by atomic mass is 19.1. The molecule has 0 spiro atoms. The maximum absolute atomic E-state index is 13.1. The number of benzene rings is 2. The number of ether oxygens (including phenoxy) is 1. The van der Waals surface area contributed by atoms with Crippen LogP contribution in [0.1, 0.15) is 21.5 Å². The van der Waals surface area contributed by atoms with E-state index in [-0.39, 0.29) is 11.7 Å². The molecule has 6 nitrogen and oxygen atoms in total. The SMILES string of the molecule is COc1ccc(C(=O)N2CCN(c3ncccn3)CC2)cc1C#Cc1ccc(F)cc1. The van der Waals surface area contributed by atoms with Crippen molar-refractivity contribution in [2.75, 3.05) is 38.2 Å². The van der Waals surface area contributed by atoms with Crippen molar-refractivity contribution in [1.82, 2.24) is 14.9 Å². The first-order valence-electron chi connectivity index (χ1n) is 9.91. The number of amides is 1. The number of carbonyl (C=O) groups excluding carboxylic acids is 1. The summed E-state index contributed by atoms with van der Waals surface area (Å²) in [7, 11) is 1.56. The number of anilines is 1. The van der Waals surface area contributed by atoms with Crippen molar-refractivity contribution in [3.8, 4) is 17.6 Å².